The van der Waals surface area contributed by atoms with Crippen LogP contribution >= 0.6 is 0 Å². The Morgan fingerprint density at radius 1 is 1.77 bits per heavy atom. The molecule has 0 bridgehead atoms. The van der Waals surface area contributed by atoms with E-state index in [-0.39, 0.29) is 18.1 Å². The normalized spacial score (nSPS) is 24.3. The van der Waals surface area contributed by atoms with Crippen LogP contribution in [0.3, 0.4) is 0 Å². The lowest BCUT2D eigenvalue weighted by Gasteiger charge is -2.14. The summed E-state index contributed by atoms with van der Waals surface area (Å²) in [6.45, 7) is 3.37. The van der Waals surface area contributed by atoms with Gasteiger partial charge in [0.1, 0.15) is 6.04 Å². The summed E-state index contributed by atoms with van der Waals surface area (Å²) < 4.78 is 9.99. The third kappa shape index (κ3) is 3.32. The second kappa shape index (κ2) is 5.19. The van der Waals surface area contributed by atoms with Crippen molar-refractivity contribution >= 4 is 5.97 Å². The summed E-state index contributed by atoms with van der Waals surface area (Å²) in [5, 5.41) is 3.08. The summed E-state index contributed by atoms with van der Waals surface area (Å²) in [5.74, 6) is -0.224. The highest BCUT2D eigenvalue weighted by Gasteiger charge is 2.18. The highest BCUT2D eigenvalue weighted by molar-refractivity contribution is 5.75. The fourth-order valence-corrected chi connectivity index (χ4v) is 1.37. The Labute approximate surface area is 78.6 Å². The predicted octanol–water partition coefficient (Wildman–Crippen LogP) is 0.316. The molecule has 1 aliphatic rings. The number of rotatable bonds is 4. The highest BCUT2D eigenvalue weighted by Crippen LogP contribution is 2.10. The van der Waals surface area contributed by atoms with Gasteiger partial charge in [0.05, 0.1) is 13.2 Å². The fraction of sp³-hybridized carbons (Fsp3) is 0.889. The Hall–Kier alpha value is -0.610. The van der Waals surface area contributed by atoms with Gasteiger partial charge in [0, 0.05) is 13.2 Å². The van der Waals surface area contributed by atoms with Crippen LogP contribution in [0.25, 0.3) is 0 Å². The number of esters is 1. The third-order valence-corrected chi connectivity index (χ3v) is 2.23. The molecule has 0 amide bonds. The molecule has 0 aromatic rings. The second-order valence-corrected chi connectivity index (χ2v) is 3.29. The largest absolute Gasteiger partial charge is 0.468 e. The monoisotopic (exact) mass is 187 g/mol. The average molecular weight is 187 g/mol. The molecule has 1 fully saturated rings. The predicted molar refractivity (Wildman–Crippen MR) is 48.5 cm³/mol. The maximum Gasteiger partial charge on any atom is 0.322 e. The van der Waals surface area contributed by atoms with Gasteiger partial charge in [-0.15, -0.1) is 0 Å². The number of carbonyl (C=O) groups excluding carboxylic acids is 1. The van der Waals surface area contributed by atoms with Crippen molar-refractivity contribution in [2.24, 2.45) is 0 Å². The van der Waals surface area contributed by atoms with Gasteiger partial charge in [0.25, 0.3) is 0 Å². The van der Waals surface area contributed by atoms with Crippen molar-refractivity contribution in [2.75, 3.05) is 20.3 Å². The molecule has 0 aliphatic carbocycles. The summed E-state index contributed by atoms with van der Waals surface area (Å²) in [4.78, 5) is 11.0. The molecule has 1 N–H and O–H groups in total. The molecule has 0 aromatic carbocycles. The van der Waals surface area contributed by atoms with Crippen molar-refractivity contribution in [3.63, 3.8) is 0 Å². The topological polar surface area (TPSA) is 47.6 Å². The molecule has 1 saturated heterocycles. The molecule has 13 heavy (non-hydrogen) atoms. The molecule has 1 heterocycles. The lowest BCUT2D eigenvalue weighted by Crippen LogP contribution is -2.39. The lowest BCUT2D eigenvalue weighted by molar-refractivity contribution is -0.142. The SMILES string of the molecule is COC(=O)[C@H](C)NC[C@@H]1CCCO1. The van der Waals surface area contributed by atoms with Crippen molar-refractivity contribution in [3.8, 4) is 0 Å². The Bertz CT molecular complexity index is 166. The van der Waals surface area contributed by atoms with Crippen LogP contribution in [-0.2, 0) is 14.3 Å². The van der Waals surface area contributed by atoms with E-state index in [1.54, 1.807) is 6.92 Å². The first kappa shape index (κ1) is 10.5. The average Bonchev–Trinajstić information content (AvgIpc) is 2.65. The Morgan fingerprint density at radius 2 is 2.54 bits per heavy atom. The van der Waals surface area contributed by atoms with Crippen molar-refractivity contribution in [1.29, 1.82) is 0 Å². The van der Waals surface area contributed by atoms with E-state index in [0.29, 0.717) is 0 Å². The van der Waals surface area contributed by atoms with Gasteiger partial charge in [0.15, 0.2) is 0 Å². The van der Waals surface area contributed by atoms with Crippen LogP contribution in [0.5, 0.6) is 0 Å². The number of nitrogens with one attached hydrogen (secondary N) is 1. The molecular weight excluding hydrogens is 170 g/mol. The van der Waals surface area contributed by atoms with Crippen LogP contribution in [0.1, 0.15) is 19.8 Å². The summed E-state index contributed by atoms with van der Waals surface area (Å²) in [7, 11) is 1.40. The summed E-state index contributed by atoms with van der Waals surface area (Å²) >= 11 is 0. The summed E-state index contributed by atoms with van der Waals surface area (Å²) in [6, 6.07) is -0.241. The van der Waals surface area contributed by atoms with Crippen LogP contribution < -0.4 is 5.32 Å². The molecule has 2 atom stereocenters. The van der Waals surface area contributed by atoms with E-state index in [1.165, 1.54) is 7.11 Å². The van der Waals surface area contributed by atoms with Crippen molar-refractivity contribution in [3.05, 3.63) is 0 Å². The first-order chi connectivity index (χ1) is 6.24. The zero-order valence-corrected chi connectivity index (χ0v) is 8.21. The second-order valence-electron chi connectivity index (χ2n) is 3.29. The molecule has 0 saturated carbocycles. The van der Waals surface area contributed by atoms with Crippen LogP contribution in [0.2, 0.25) is 0 Å². The number of hydrogen-bond acceptors (Lipinski definition) is 4. The minimum Gasteiger partial charge on any atom is -0.468 e. The van der Waals surface area contributed by atoms with Crippen molar-refractivity contribution in [2.45, 2.75) is 31.9 Å². The van der Waals surface area contributed by atoms with Gasteiger partial charge in [-0.2, -0.15) is 0 Å². The molecule has 0 aromatic heterocycles. The van der Waals surface area contributed by atoms with Gasteiger partial charge >= 0.3 is 5.97 Å². The van der Waals surface area contributed by atoms with E-state index in [1.807, 2.05) is 0 Å². The smallest absolute Gasteiger partial charge is 0.322 e. The zero-order chi connectivity index (χ0) is 9.68. The maximum atomic E-state index is 11.0. The van der Waals surface area contributed by atoms with E-state index in [4.69, 9.17) is 4.74 Å². The third-order valence-electron chi connectivity index (χ3n) is 2.23. The Kier molecular flexibility index (Phi) is 4.18. The van der Waals surface area contributed by atoms with Crippen LogP contribution in [-0.4, -0.2) is 38.4 Å². The summed E-state index contributed by atoms with van der Waals surface area (Å²) in [6.07, 6.45) is 2.48. The molecule has 1 rings (SSSR count). The number of hydrogen-bond donors (Lipinski definition) is 1. The minimum absolute atomic E-state index is 0.224. The fourth-order valence-electron chi connectivity index (χ4n) is 1.37. The molecule has 1 aliphatic heterocycles. The van der Waals surface area contributed by atoms with Gasteiger partial charge in [-0.25, -0.2) is 0 Å². The molecule has 4 nitrogen and oxygen atoms in total. The standard InChI is InChI=1S/C9H17NO3/c1-7(9(11)12-2)10-6-8-4-3-5-13-8/h7-8,10H,3-6H2,1-2H3/t7-,8-/m0/s1. The van der Waals surface area contributed by atoms with E-state index < -0.39 is 0 Å². The molecule has 0 spiro atoms. The highest BCUT2D eigenvalue weighted by atomic mass is 16.5. The molecule has 0 radical (unpaired) electrons. The van der Waals surface area contributed by atoms with Gasteiger partial charge in [-0.05, 0) is 19.8 Å². The van der Waals surface area contributed by atoms with Crippen LogP contribution in [0.15, 0.2) is 0 Å². The maximum absolute atomic E-state index is 11.0. The molecular formula is C9H17NO3. The van der Waals surface area contributed by atoms with Crippen molar-refractivity contribution in [1.82, 2.24) is 5.32 Å². The van der Waals surface area contributed by atoms with E-state index in [9.17, 15) is 4.79 Å². The number of carbonyl (C=O) groups is 1. The Morgan fingerprint density at radius 3 is 3.08 bits per heavy atom. The number of methoxy groups -OCH3 is 1. The van der Waals surface area contributed by atoms with Crippen LogP contribution in [0.4, 0.5) is 0 Å². The van der Waals surface area contributed by atoms with Gasteiger partial charge in [-0.3, -0.25) is 4.79 Å². The Balaban J connectivity index is 2.13. The number of ether oxygens (including phenoxy) is 2. The van der Waals surface area contributed by atoms with E-state index >= 15 is 0 Å². The molecule has 76 valence electrons. The zero-order valence-electron chi connectivity index (χ0n) is 8.21. The first-order valence-corrected chi connectivity index (χ1v) is 4.67. The van der Waals surface area contributed by atoms with E-state index in [2.05, 4.69) is 10.1 Å². The first-order valence-electron chi connectivity index (χ1n) is 4.67. The van der Waals surface area contributed by atoms with Crippen molar-refractivity contribution < 1.29 is 14.3 Å². The minimum atomic E-state index is -0.241. The van der Waals surface area contributed by atoms with Gasteiger partial charge < -0.3 is 14.8 Å². The quantitative estimate of drug-likeness (QED) is 0.644. The summed E-state index contributed by atoms with van der Waals surface area (Å²) in [5.41, 5.74) is 0. The lowest BCUT2D eigenvalue weighted by atomic mass is 10.2. The van der Waals surface area contributed by atoms with Gasteiger partial charge in [-0.1, -0.05) is 0 Å². The van der Waals surface area contributed by atoms with Crippen LogP contribution in [0, 0.1) is 0 Å². The molecule has 0 unspecified atom stereocenters. The van der Waals surface area contributed by atoms with Gasteiger partial charge in [0.2, 0.25) is 0 Å². The molecule has 4 heteroatoms. The van der Waals surface area contributed by atoms with E-state index in [0.717, 1.165) is 26.0 Å².